The molecule has 0 aromatic rings. The monoisotopic (exact) mass is 540 g/mol. The Morgan fingerprint density at radius 3 is 2.80 bits per heavy atom. The number of dihydropyridines is 1. The number of fused-ring (bicyclic) bond motifs is 1. The average molecular weight is 541 g/mol. The highest BCUT2D eigenvalue weighted by atomic mass is 14.9. The number of hydrogen-bond donors (Lipinski definition) is 4. The lowest BCUT2D eigenvalue weighted by molar-refractivity contribution is 0.0661. The van der Waals surface area contributed by atoms with E-state index < -0.39 is 0 Å². The van der Waals surface area contributed by atoms with Crippen molar-refractivity contribution in [3.63, 3.8) is 0 Å². The molecule has 216 valence electrons. The summed E-state index contributed by atoms with van der Waals surface area (Å²) in [6, 6.07) is 0.540. The highest BCUT2D eigenvalue weighted by Crippen LogP contribution is 2.49. The van der Waals surface area contributed by atoms with Gasteiger partial charge in [0.05, 0.1) is 0 Å². The molecule has 3 aliphatic carbocycles. The van der Waals surface area contributed by atoms with Gasteiger partial charge >= 0.3 is 0 Å². The summed E-state index contributed by atoms with van der Waals surface area (Å²) in [6.07, 6.45) is 45.5. The Morgan fingerprint density at radius 1 is 1.07 bits per heavy atom. The van der Waals surface area contributed by atoms with Gasteiger partial charge in [0, 0.05) is 24.3 Å². The largest absolute Gasteiger partial charge is 0.405 e. The average Bonchev–Trinajstić information content (AvgIpc) is 3.00. The molecule has 0 amide bonds. The van der Waals surface area contributed by atoms with Crippen molar-refractivity contribution >= 4 is 0 Å². The molecule has 6 N–H and O–H groups in total. The smallest absolute Gasteiger partial charge is 0.0473 e. The van der Waals surface area contributed by atoms with E-state index in [-0.39, 0.29) is 6.04 Å². The molecule has 40 heavy (non-hydrogen) atoms. The Balaban J connectivity index is 1.39. The van der Waals surface area contributed by atoms with Crippen molar-refractivity contribution in [2.24, 2.45) is 41.1 Å². The summed E-state index contributed by atoms with van der Waals surface area (Å²) in [5.74, 6) is 3.63. The van der Waals surface area contributed by atoms with Gasteiger partial charge in [0.2, 0.25) is 0 Å². The lowest BCUT2D eigenvalue weighted by Gasteiger charge is -2.48. The van der Waals surface area contributed by atoms with Crippen molar-refractivity contribution in [1.82, 2.24) is 10.6 Å². The second kappa shape index (κ2) is 16.3. The molecule has 7 unspecified atom stereocenters. The van der Waals surface area contributed by atoms with Gasteiger partial charge in [-0.3, -0.25) is 0 Å². The van der Waals surface area contributed by atoms with Crippen LogP contribution in [-0.4, -0.2) is 18.6 Å². The van der Waals surface area contributed by atoms with E-state index >= 15 is 0 Å². The van der Waals surface area contributed by atoms with Crippen LogP contribution in [-0.2, 0) is 0 Å². The summed E-state index contributed by atoms with van der Waals surface area (Å²) < 4.78 is 0. The third-order valence-electron chi connectivity index (χ3n) is 9.27. The number of hydrogen-bond acceptors (Lipinski definition) is 4. The van der Waals surface area contributed by atoms with Gasteiger partial charge in [-0.15, -0.1) is 0 Å². The molecule has 4 nitrogen and oxygen atoms in total. The first-order valence-electron chi connectivity index (χ1n) is 15.7. The van der Waals surface area contributed by atoms with Crippen LogP contribution in [0, 0.1) is 29.6 Å². The third-order valence-corrected chi connectivity index (χ3v) is 9.27. The molecule has 0 radical (unpaired) electrons. The molecule has 0 spiro atoms. The molecule has 0 aromatic carbocycles. The highest BCUT2D eigenvalue weighted by Gasteiger charge is 2.42. The van der Waals surface area contributed by atoms with Crippen molar-refractivity contribution in [3.05, 3.63) is 109 Å². The maximum absolute atomic E-state index is 6.23. The third kappa shape index (κ3) is 9.02. The summed E-state index contributed by atoms with van der Waals surface area (Å²) in [6.45, 7) is 3.34. The molecule has 1 aliphatic heterocycles. The number of allylic oxidation sites excluding steroid dienone is 12. The fourth-order valence-corrected chi connectivity index (χ4v) is 7.01. The van der Waals surface area contributed by atoms with Crippen molar-refractivity contribution in [2.75, 3.05) is 6.54 Å². The number of nitrogens with one attached hydrogen (secondary N) is 2. The predicted octanol–water partition coefficient (Wildman–Crippen LogP) is 7.11. The summed E-state index contributed by atoms with van der Waals surface area (Å²) in [5.41, 5.74) is 14.3. The zero-order valence-electron chi connectivity index (χ0n) is 24.5. The topological polar surface area (TPSA) is 76.1 Å². The second-order valence-corrected chi connectivity index (χ2v) is 12.0. The molecule has 1 fully saturated rings. The van der Waals surface area contributed by atoms with Crippen molar-refractivity contribution in [1.29, 1.82) is 0 Å². The standard InChI is InChI=1S/C36H52N4/c1-28(32-23-24-35(36-20-10-12-26-39-36)34-19-8-7-18-33(32)34)21-22-29(27-40-31-16-3-2-4-17-31)13-5-6-14-30(38)15-9-11-25-37/h2-3,5-7,10-14,16,18,20,22,25-26,28,30,32-36,39-40H,4,8-9,15,17,19,21,23-24,27,37-38H2,1H3/b13-5+,14-6-,25-11-,29-22-. The van der Waals surface area contributed by atoms with E-state index in [2.05, 4.69) is 103 Å². The molecule has 0 aromatic heterocycles. The van der Waals surface area contributed by atoms with Gasteiger partial charge in [0.25, 0.3) is 0 Å². The SMILES string of the molecule is CC(C/C=C(/C=C/C=C\C(N)CC/C=C\N)CNC1=CC=CCC1)C1CCC(C2C=CC=CN2)C2CCC=CC12. The Hall–Kier alpha value is -2.98. The van der Waals surface area contributed by atoms with E-state index in [1.807, 2.05) is 6.08 Å². The zero-order chi connectivity index (χ0) is 28.0. The van der Waals surface area contributed by atoms with Gasteiger partial charge in [-0.25, -0.2) is 0 Å². The normalized spacial score (nSPS) is 30.0. The quantitative estimate of drug-likeness (QED) is 0.148. The van der Waals surface area contributed by atoms with Crippen LogP contribution in [0.2, 0.25) is 0 Å². The van der Waals surface area contributed by atoms with Crippen LogP contribution >= 0.6 is 0 Å². The van der Waals surface area contributed by atoms with Crippen LogP contribution in [0.5, 0.6) is 0 Å². The fraction of sp³-hybridized carbons (Fsp3) is 0.500. The fourth-order valence-electron chi connectivity index (χ4n) is 7.01. The molecule has 1 saturated carbocycles. The maximum atomic E-state index is 6.23. The Morgan fingerprint density at radius 2 is 2.00 bits per heavy atom. The van der Waals surface area contributed by atoms with Crippen LogP contribution in [0.15, 0.2) is 109 Å². The molecule has 0 saturated heterocycles. The lowest BCUT2D eigenvalue weighted by Crippen LogP contribution is -2.45. The molecular weight excluding hydrogens is 488 g/mol. The zero-order valence-corrected chi connectivity index (χ0v) is 24.5. The summed E-state index contributed by atoms with van der Waals surface area (Å²) >= 11 is 0. The first-order valence-corrected chi connectivity index (χ1v) is 15.7. The van der Waals surface area contributed by atoms with Gasteiger partial charge in [-0.05, 0) is 118 Å². The van der Waals surface area contributed by atoms with Crippen LogP contribution in [0.25, 0.3) is 0 Å². The first-order chi connectivity index (χ1) is 19.7. The van der Waals surface area contributed by atoms with E-state index in [0.717, 1.165) is 56.4 Å². The van der Waals surface area contributed by atoms with Crippen LogP contribution < -0.4 is 22.1 Å². The van der Waals surface area contributed by atoms with Crippen LogP contribution in [0.3, 0.4) is 0 Å². The van der Waals surface area contributed by atoms with Crippen molar-refractivity contribution < 1.29 is 0 Å². The summed E-state index contributed by atoms with van der Waals surface area (Å²) in [4.78, 5) is 0. The number of rotatable bonds is 13. The molecule has 0 bridgehead atoms. The first kappa shape index (κ1) is 30.0. The van der Waals surface area contributed by atoms with Gasteiger partial charge < -0.3 is 22.1 Å². The van der Waals surface area contributed by atoms with E-state index in [9.17, 15) is 0 Å². The van der Waals surface area contributed by atoms with E-state index in [0.29, 0.717) is 17.9 Å². The highest BCUT2D eigenvalue weighted by molar-refractivity contribution is 5.26. The summed E-state index contributed by atoms with van der Waals surface area (Å²) in [5, 5.41) is 7.33. The Bertz CT molecular complexity index is 1050. The van der Waals surface area contributed by atoms with Gasteiger partial charge in [0.1, 0.15) is 0 Å². The second-order valence-electron chi connectivity index (χ2n) is 12.0. The summed E-state index contributed by atoms with van der Waals surface area (Å²) in [7, 11) is 0. The molecule has 4 rings (SSSR count). The van der Waals surface area contributed by atoms with Crippen LogP contribution in [0.1, 0.15) is 64.7 Å². The Labute approximate surface area is 243 Å². The Kier molecular flexibility index (Phi) is 12.2. The van der Waals surface area contributed by atoms with Crippen molar-refractivity contribution in [3.8, 4) is 0 Å². The number of nitrogens with two attached hydrogens (primary N) is 2. The minimum atomic E-state index is 0.0487. The van der Waals surface area contributed by atoms with Gasteiger partial charge in [0.15, 0.2) is 0 Å². The van der Waals surface area contributed by atoms with Crippen molar-refractivity contribution in [2.45, 2.75) is 76.8 Å². The lowest BCUT2D eigenvalue weighted by atomic mass is 9.58. The van der Waals surface area contributed by atoms with E-state index in [1.165, 1.54) is 37.0 Å². The van der Waals surface area contributed by atoms with Gasteiger partial charge in [-0.2, -0.15) is 0 Å². The molecular formula is C36H52N4. The van der Waals surface area contributed by atoms with Crippen LogP contribution in [0.4, 0.5) is 0 Å². The molecule has 7 atom stereocenters. The van der Waals surface area contributed by atoms with Gasteiger partial charge in [-0.1, -0.05) is 79.8 Å². The minimum Gasteiger partial charge on any atom is -0.405 e. The predicted molar refractivity (Wildman–Crippen MR) is 172 cm³/mol. The molecule has 4 heteroatoms. The van der Waals surface area contributed by atoms with E-state index in [4.69, 9.17) is 11.5 Å². The molecule has 1 heterocycles. The van der Waals surface area contributed by atoms with E-state index in [1.54, 1.807) is 6.20 Å². The maximum Gasteiger partial charge on any atom is 0.0473 e. The minimum absolute atomic E-state index is 0.0487. The molecule has 4 aliphatic rings.